The molecular formula is C18H24N4O3. The molecule has 1 saturated carbocycles. The Kier molecular flexibility index (Phi) is 4.43. The molecule has 2 aliphatic rings. The Hall–Kier alpha value is -1.99. The first kappa shape index (κ1) is 16.5. The number of hydrogen-bond donors (Lipinski definition) is 0. The van der Waals surface area contributed by atoms with E-state index >= 15 is 0 Å². The number of morpholine rings is 1. The molecular weight excluding hydrogens is 320 g/mol. The number of carbonyl (C=O) groups excluding carboxylic acids is 1. The molecule has 7 heteroatoms. The van der Waals surface area contributed by atoms with Crippen LogP contribution in [0.5, 0.6) is 0 Å². The topological polar surface area (TPSA) is 69.0 Å². The Morgan fingerprint density at radius 3 is 3.04 bits per heavy atom. The van der Waals surface area contributed by atoms with Crippen LogP contribution in [0.4, 0.5) is 0 Å². The van der Waals surface area contributed by atoms with Crippen molar-refractivity contribution in [1.29, 1.82) is 0 Å². The van der Waals surface area contributed by atoms with Crippen LogP contribution in [0.25, 0.3) is 5.65 Å². The average Bonchev–Trinajstić information content (AvgIpc) is 3.27. The van der Waals surface area contributed by atoms with Gasteiger partial charge >= 0.3 is 0 Å². The fraction of sp³-hybridized carbons (Fsp3) is 0.611. The summed E-state index contributed by atoms with van der Waals surface area (Å²) in [5.74, 6) is 1.16. The van der Waals surface area contributed by atoms with Crippen molar-refractivity contribution in [3.63, 3.8) is 0 Å². The van der Waals surface area contributed by atoms with Gasteiger partial charge < -0.3 is 14.4 Å². The highest BCUT2D eigenvalue weighted by Gasteiger charge is 2.40. The second kappa shape index (κ2) is 6.72. The van der Waals surface area contributed by atoms with E-state index in [4.69, 9.17) is 9.47 Å². The summed E-state index contributed by atoms with van der Waals surface area (Å²) in [6.45, 7) is 3.67. The second-order valence-electron chi connectivity index (χ2n) is 6.90. The van der Waals surface area contributed by atoms with Crippen molar-refractivity contribution in [2.24, 2.45) is 5.92 Å². The number of carbonyl (C=O) groups is 1. The van der Waals surface area contributed by atoms with Gasteiger partial charge in [-0.1, -0.05) is 6.42 Å². The molecule has 1 saturated heterocycles. The predicted octanol–water partition coefficient (Wildman–Crippen LogP) is 1.69. The van der Waals surface area contributed by atoms with Gasteiger partial charge in [0, 0.05) is 25.8 Å². The molecule has 25 heavy (non-hydrogen) atoms. The fourth-order valence-corrected chi connectivity index (χ4v) is 4.21. The van der Waals surface area contributed by atoms with E-state index in [1.54, 1.807) is 7.11 Å². The van der Waals surface area contributed by atoms with E-state index in [0.717, 1.165) is 30.7 Å². The van der Waals surface area contributed by atoms with Crippen molar-refractivity contribution in [2.45, 2.75) is 38.3 Å². The van der Waals surface area contributed by atoms with Gasteiger partial charge in [0.05, 0.1) is 30.9 Å². The Labute approximate surface area is 146 Å². The van der Waals surface area contributed by atoms with E-state index in [0.29, 0.717) is 31.2 Å². The fourth-order valence-electron chi connectivity index (χ4n) is 4.21. The van der Waals surface area contributed by atoms with Crippen molar-refractivity contribution in [2.75, 3.05) is 26.9 Å². The molecule has 1 aliphatic carbocycles. The van der Waals surface area contributed by atoms with Gasteiger partial charge in [0.15, 0.2) is 5.65 Å². The molecule has 0 spiro atoms. The number of fused-ring (bicyclic) bond motifs is 1. The van der Waals surface area contributed by atoms with Gasteiger partial charge in [-0.25, -0.2) is 0 Å². The van der Waals surface area contributed by atoms with Gasteiger partial charge in [-0.05, 0) is 31.9 Å². The Bertz CT molecular complexity index is 775. The van der Waals surface area contributed by atoms with E-state index in [-0.39, 0.29) is 18.1 Å². The molecule has 0 bridgehead atoms. The number of aryl methyl sites for hydroxylation is 1. The molecule has 0 radical (unpaired) electrons. The Balaban J connectivity index is 1.62. The highest BCUT2D eigenvalue weighted by atomic mass is 16.5. The van der Waals surface area contributed by atoms with Crippen LogP contribution < -0.4 is 0 Å². The monoisotopic (exact) mass is 344 g/mol. The molecule has 3 heterocycles. The molecule has 0 N–H and O–H groups in total. The maximum absolute atomic E-state index is 13.2. The van der Waals surface area contributed by atoms with Gasteiger partial charge in [-0.2, -0.15) is 0 Å². The quantitative estimate of drug-likeness (QED) is 0.848. The molecule has 4 rings (SSSR count). The smallest absolute Gasteiger partial charge is 0.255 e. The van der Waals surface area contributed by atoms with Crippen LogP contribution in [0.1, 0.15) is 35.4 Å². The minimum atomic E-state index is 0.0463. The molecule has 7 nitrogen and oxygen atoms in total. The number of rotatable bonds is 3. The first-order chi connectivity index (χ1) is 12.2. The molecule has 1 amide bonds. The van der Waals surface area contributed by atoms with Crippen LogP contribution in [0, 0.1) is 12.8 Å². The van der Waals surface area contributed by atoms with Crippen molar-refractivity contribution < 1.29 is 14.3 Å². The first-order valence-electron chi connectivity index (χ1n) is 8.92. The summed E-state index contributed by atoms with van der Waals surface area (Å²) < 4.78 is 13.2. The molecule has 134 valence electrons. The maximum Gasteiger partial charge on any atom is 0.255 e. The van der Waals surface area contributed by atoms with E-state index in [2.05, 4.69) is 10.2 Å². The molecule has 2 aromatic rings. The lowest BCUT2D eigenvalue weighted by molar-refractivity contribution is -0.0460. The van der Waals surface area contributed by atoms with E-state index < -0.39 is 0 Å². The zero-order chi connectivity index (χ0) is 17.4. The zero-order valence-corrected chi connectivity index (χ0v) is 14.7. The normalized spacial score (nSPS) is 27.1. The lowest BCUT2D eigenvalue weighted by Gasteiger charge is -2.40. The van der Waals surface area contributed by atoms with E-state index in [1.807, 2.05) is 34.6 Å². The van der Waals surface area contributed by atoms with Crippen molar-refractivity contribution >= 4 is 11.6 Å². The summed E-state index contributed by atoms with van der Waals surface area (Å²) >= 11 is 0. The number of hydrogen-bond acceptors (Lipinski definition) is 5. The molecule has 2 aromatic heterocycles. The molecule has 2 fully saturated rings. The summed E-state index contributed by atoms with van der Waals surface area (Å²) in [5, 5.41) is 8.14. The van der Waals surface area contributed by atoms with Crippen LogP contribution in [0.15, 0.2) is 18.3 Å². The number of nitrogens with zero attached hydrogens (tertiary/aromatic N) is 4. The first-order valence-corrected chi connectivity index (χ1v) is 8.92. The van der Waals surface area contributed by atoms with Gasteiger partial charge in [0.25, 0.3) is 5.91 Å². The lowest BCUT2D eigenvalue weighted by Crippen LogP contribution is -2.53. The van der Waals surface area contributed by atoms with E-state index in [9.17, 15) is 4.79 Å². The van der Waals surface area contributed by atoms with Crippen molar-refractivity contribution in [3.05, 3.63) is 29.7 Å². The predicted molar refractivity (Wildman–Crippen MR) is 91.5 cm³/mol. The van der Waals surface area contributed by atoms with Crippen molar-refractivity contribution in [1.82, 2.24) is 19.5 Å². The summed E-state index contributed by atoms with van der Waals surface area (Å²) in [6.07, 6.45) is 5.34. The van der Waals surface area contributed by atoms with E-state index in [1.165, 1.54) is 0 Å². The number of aromatic nitrogens is 3. The summed E-state index contributed by atoms with van der Waals surface area (Å²) in [5.41, 5.74) is 1.41. The standard InChI is InChI=1S/C18H24N4O3/c1-12-19-20-17-7-6-13(10-22(12)17)18(23)21-8-9-25-11-15(21)14-4-3-5-16(14)24-2/h6-7,10,14-16H,3-5,8-9,11H2,1-2H3/t14-,15-,16-/m1/s1. The second-order valence-corrected chi connectivity index (χ2v) is 6.90. The van der Waals surface area contributed by atoms with Crippen LogP contribution >= 0.6 is 0 Å². The molecule has 0 aromatic carbocycles. The summed E-state index contributed by atoms with van der Waals surface area (Å²) in [7, 11) is 1.77. The van der Waals surface area contributed by atoms with Gasteiger partial charge in [-0.3, -0.25) is 9.20 Å². The van der Waals surface area contributed by atoms with Crippen LogP contribution in [0.3, 0.4) is 0 Å². The zero-order valence-electron chi connectivity index (χ0n) is 14.7. The van der Waals surface area contributed by atoms with Gasteiger partial charge in [-0.15, -0.1) is 10.2 Å². The SMILES string of the molecule is CO[C@@H]1CCC[C@@H]1[C@H]1COCCN1C(=O)c1ccc2nnc(C)n2c1. The largest absolute Gasteiger partial charge is 0.381 e. The van der Waals surface area contributed by atoms with Crippen LogP contribution in [0.2, 0.25) is 0 Å². The van der Waals surface area contributed by atoms with Crippen molar-refractivity contribution in [3.8, 4) is 0 Å². The number of ether oxygens (including phenoxy) is 2. The molecule has 1 aliphatic heterocycles. The highest BCUT2D eigenvalue weighted by molar-refractivity contribution is 5.94. The highest BCUT2D eigenvalue weighted by Crippen LogP contribution is 2.34. The third-order valence-electron chi connectivity index (χ3n) is 5.55. The van der Waals surface area contributed by atoms with Crippen LogP contribution in [-0.2, 0) is 9.47 Å². The summed E-state index contributed by atoms with van der Waals surface area (Å²) in [6, 6.07) is 3.75. The number of methoxy groups -OCH3 is 1. The van der Waals surface area contributed by atoms with Crippen LogP contribution in [-0.4, -0.2) is 64.4 Å². The van der Waals surface area contributed by atoms with Gasteiger partial charge in [0.2, 0.25) is 0 Å². The lowest BCUT2D eigenvalue weighted by atomic mass is 9.93. The molecule has 3 atom stereocenters. The minimum absolute atomic E-state index is 0.0463. The number of pyridine rings is 1. The van der Waals surface area contributed by atoms with Gasteiger partial charge in [0.1, 0.15) is 5.82 Å². The Morgan fingerprint density at radius 2 is 2.20 bits per heavy atom. The Morgan fingerprint density at radius 1 is 1.32 bits per heavy atom. The minimum Gasteiger partial charge on any atom is -0.381 e. The number of amides is 1. The maximum atomic E-state index is 13.2. The summed E-state index contributed by atoms with van der Waals surface area (Å²) in [4.78, 5) is 15.2. The average molecular weight is 344 g/mol. The third-order valence-corrected chi connectivity index (χ3v) is 5.55. The molecule has 0 unspecified atom stereocenters. The third kappa shape index (κ3) is 2.91.